The molecular weight excluding hydrogens is 1260 g/mol. The fraction of sp³-hybridized carbons (Fsp3) is 0.650. The molecule has 0 N–H and O–H groups in total. The molecule has 0 heterocycles. The van der Waals surface area contributed by atoms with Crippen LogP contribution in [0.2, 0.25) is 0 Å². The van der Waals surface area contributed by atoms with Crippen molar-refractivity contribution in [1.82, 2.24) is 0 Å². The molecule has 5 saturated carbocycles. The molecule has 6 aromatic rings. The summed E-state index contributed by atoms with van der Waals surface area (Å²) in [6, 6.07) is 0. The minimum Gasteiger partial charge on any atom is -0.0625 e. The van der Waals surface area contributed by atoms with E-state index in [1.165, 1.54) is 309 Å². The van der Waals surface area contributed by atoms with Crippen LogP contribution in [0, 0.1) is 246 Å². The molecule has 576 valence electrons. The first-order valence-corrected chi connectivity index (χ1v) is 42.7. The van der Waals surface area contributed by atoms with E-state index >= 15 is 0 Å². The molecule has 2 heteroatoms. The van der Waals surface area contributed by atoms with Crippen LogP contribution in [0.4, 0.5) is 0 Å². The summed E-state index contributed by atoms with van der Waals surface area (Å²) in [4.78, 5) is 0. The van der Waals surface area contributed by atoms with E-state index in [2.05, 4.69) is 235 Å². The van der Waals surface area contributed by atoms with E-state index in [1.54, 1.807) is 38.9 Å². The van der Waals surface area contributed by atoms with E-state index in [9.17, 15) is 0 Å². The Morgan fingerprint density at radius 1 is 0.143 bits per heavy atom. The van der Waals surface area contributed by atoms with Gasteiger partial charge in [0, 0.05) is 16.8 Å². The fourth-order valence-electron chi connectivity index (χ4n) is 20.2. The third-order valence-electron chi connectivity index (χ3n) is 30.6. The minimum atomic E-state index is 0. The van der Waals surface area contributed by atoms with E-state index in [1.807, 2.05) is 0 Å². The summed E-state index contributed by atoms with van der Waals surface area (Å²) < 4.78 is 0. The maximum absolute atomic E-state index is 2.44. The molecule has 6 aromatic carbocycles. The molecule has 0 aliphatic heterocycles. The molecule has 5 aliphatic carbocycles. The van der Waals surface area contributed by atoms with Gasteiger partial charge >= 0.3 is 0 Å². The maximum Gasteiger partial charge on any atom is 0 e. The lowest BCUT2D eigenvalue weighted by atomic mass is 9.74. The molecule has 0 nitrogen and oxygen atoms in total. The van der Waals surface area contributed by atoms with Gasteiger partial charge in [-0.05, 0) is 504 Å². The average molecular weight is 1420 g/mol. The highest BCUT2D eigenvalue weighted by Gasteiger charge is 2.30. The van der Waals surface area contributed by atoms with Crippen molar-refractivity contribution in [1.29, 1.82) is 0 Å². The van der Waals surface area contributed by atoms with Crippen LogP contribution in [0.15, 0.2) is 0 Å². The van der Waals surface area contributed by atoms with E-state index < -0.39 is 0 Å². The maximum atomic E-state index is 2.44. The summed E-state index contributed by atoms with van der Waals surface area (Å²) in [6.45, 7) is 79.7. The zero-order valence-electron chi connectivity index (χ0n) is 75.2. The van der Waals surface area contributed by atoms with Crippen LogP contribution in [0.25, 0.3) is 33.4 Å². The van der Waals surface area contributed by atoms with E-state index in [4.69, 9.17) is 0 Å². The minimum absolute atomic E-state index is 0. The first-order chi connectivity index (χ1) is 48.2. The van der Waals surface area contributed by atoms with Gasteiger partial charge in [-0.15, -0.1) is 0 Å². The van der Waals surface area contributed by atoms with Gasteiger partial charge in [-0.3, -0.25) is 0 Å². The number of hydrogen-bond acceptors (Lipinski definition) is 0. The second kappa shape index (κ2) is 39.4. The Balaban J connectivity index is 0.000000257. The first kappa shape index (κ1) is 91.1. The van der Waals surface area contributed by atoms with Crippen LogP contribution in [0.3, 0.4) is 0 Å². The molecule has 5 fully saturated rings. The molecule has 5 aliphatic rings. The Hall–Kier alpha value is -4.55. The topological polar surface area (TPSA) is 0 Å². The Morgan fingerprint density at radius 3 is 0.362 bits per heavy atom. The SMILES string of the molecule is CC1CCC(C)CC1.CC1CCC(C)CC1.Cc1c(C)c(-c2c(C)c(C)c(CC3CCC(C)CC3)c(C)c2C)c(C)c(C)c1CC1CCC(C)CC1.Cc1c(C)c(C)c(-c2c(C)c(C)c(C)c(C)c2C)c(C)c1C.Cc1c(C)c(C)c(-c2c(C)c(C)c(CC3CCC(C)CC3)c(C)c2C)c(C)c1C.[B].[B]. The van der Waals surface area contributed by atoms with Gasteiger partial charge in [0.15, 0.2) is 0 Å². The van der Waals surface area contributed by atoms with Crippen molar-refractivity contribution in [2.75, 3.05) is 0 Å². The molecule has 0 aromatic heterocycles. The van der Waals surface area contributed by atoms with Crippen molar-refractivity contribution in [3.8, 4) is 33.4 Å². The largest absolute Gasteiger partial charge is 0.0625 e. The third kappa shape index (κ3) is 20.7. The highest BCUT2D eigenvalue weighted by Crippen LogP contribution is 2.47. The highest BCUT2D eigenvalue weighted by molar-refractivity contribution is 5.84. The smallest absolute Gasteiger partial charge is 0 e. The van der Waals surface area contributed by atoms with Crippen molar-refractivity contribution < 1.29 is 0 Å². The van der Waals surface area contributed by atoms with Crippen LogP contribution < -0.4 is 0 Å². The Labute approximate surface area is 655 Å². The quantitative estimate of drug-likeness (QED) is 0.127. The Bertz CT molecular complexity index is 3550. The molecule has 11 rings (SSSR count). The number of rotatable bonds is 9. The zero-order valence-corrected chi connectivity index (χ0v) is 75.2. The van der Waals surface area contributed by atoms with E-state index in [0.29, 0.717) is 0 Å². The summed E-state index contributed by atoms with van der Waals surface area (Å²) in [7, 11) is 0. The van der Waals surface area contributed by atoms with Crippen molar-refractivity contribution in [3.05, 3.63) is 167 Å². The summed E-state index contributed by atoms with van der Waals surface area (Å²) in [6.07, 6.45) is 32.6. The Kier molecular flexibility index (Phi) is 34.2. The van der Waals surface area contributed by atoms with Crippen LogP contribution in [0.1, 0.15) is 344 Å². The molecular formula is C103H158B2. The van der Waals surface area contributed by atoms with Crippen LogP contribution in [0.5, 0.6) is 0 Å². The first-order valence-electron chi connectivity index (χ1n) is 42.7. The van der Waals surface area contributed by atoms with Crippen LogP contribution in [-0.4, -0.2) is 16.8 Å². The van der Waals surface area contributed by atoms with Crippen molar-refractivity contribution in [3.63, 3.8) is 0 Å². The lowest BCUT2D eigenvalue weighted by Gasteiger charge is -2.31. The third-order valence-corrected chi connectivity index (χ3v) is 30.6. The highest BCUT2D eigenvalue weighted by atomic mass is 14.3. The Morgan fingerprint density at radius 2 is 0.238 bits per heavy atom. The predicted octanol–water partition coefficient (Wildman–Crippen LogP) is 30.4. The molecule has 0 saturated heterocycles. The molecule has 0 amide bonds. The van der Waals surface area contributed by atoms with E-state index in [-0.39, 0.29) is 16.8 Å². The molecule has 0 atom stereocenters. The van der Waals surface area contributed by atoms with Crippen LogP contribution >= 0.6 is 0 Å². The van der Waals surface area contributed by atoms with Gasteiger partial charge in [0.2, 0.25) is 0 Å². The van der Waals surface area contributed by atoms with Gasteiger partial charge in [-0.2, -0.15) is 0 Å². The standard InChI is InChI=1S/C36H54.C29H42.C22H30.2C8H16.2B/c1-21-11-15-31(16-12-21)19-33-23(3)27(7)35(28(8)24(33)4)36-29(9)25(5)34(26(6)30(36)10)20-32-17-13-22(2)14-18-32;1-16-11-13-26(14-12-16)15-27-20(5)24(9)29(25(10)21(27)6)28-22(7)18(3)17(2)19(4)23(28)8;1-11-13(3)17(7)21(18(8)14(11)4)22-19(9)15(5)12(2)16(6)20(22)10;2*1-7-3-5-8(2)6-4-7;;/h21-22,31-32H,11-20H2,1-10H3;16,26H,11-15H2,1-10H3;1-10H3;2*7-8H,3-6H2,1-2H3;;. The molecule has 6 radical (unpaired) electrons. The summed E-state index contributed by atoms with van der Waals surface area (Å²) in [5, 5.41) is 0. The normalized spacial score (nSPS) is 22.3. The molecule has 105 heavy (non-hydrogen) atoms. The zero-order chi connectivity index (χ0) is 76.8. The second-order valence-corrected chi connectivity index (χ2v) is 37.3. The lowest BCUT2D eigenvalue weighted by Crippen LogP contribution is -2.17. The predicted molar refractivity (Wildman–Crippen MR) is 473 cm³/mol. The number of hydrogen-bond donors (Lipinski definition) is 0. The average Bonchev–Trinajstić information content (AvgIpc) is 0.786. The van der Waals surface area contributed by atoms with Gasteiger partial charge in [0.05, 0.1) is 0 Å². The van der Waals surface area contributed by atoms with Gasteiger partial charge in [0.1, 0.15) is 0 Å². The summed E-state index contributed by atoms with van der Waals surface area (Å²) in [5.41, 5.74) is 54.0. The van der Waals surface area contributed by atoms with Gasteiger partial charge in [-0.1, -0.05) is 138 Å². The fourth-order valence-corrected chi connectivity index (χ4v) is 20.2. The molecule has 0 bridgehead atoms. The summed E-state index contributed by atoms with van der Waals surface area (Å²) in [5.74, 6) is 9.48. The van der Waals surface area contributed by atoms with Crippen LogP contribution in [-0.2, 0) is 19.3 Å². The monoisotopic (exact) mass is 1420 g/mol. The lowest BCUT2D eigenvalue weighted by molar-refractivity contribution is 0.288. The second-order valence-electron chi connectivity index (χ2n) is 37.3. The van der Waals surface area contributed by atoms with Gasteiger partial charge in [-0.25, -0.2) is 0 Å². The van der Waals surface area contributed by atoms with Gasteiger partial charge in [0.25, 0.3) is 0 Å². The van der Waals surface area contributed by atoms with Crippen molar-refractivity contribution >= 4 is 16.8 Å². The van der Waals surface area contributed by atoms with E-state index in [0.717, 1.165) is 59.2 Å². The van der Waals surface area contributed by atoms with Crippen molar-refractivity contribution in [2.45, 2.75) is 383 Å². The number of benzene rings is 6. The molecule has 0 unspecified atom stereocenters. The summed E-state index contributed by atoms with van der Waals surface area (Å²) >= 11 is 0. The molecule has 0 spiro atoms. The van der Waals surface area contributed by atoms with Gasteiger partial charge < -0.3 is 0 Å². The van der Waals surface area contributed by atoms with Crippen molar-refractivity contribution in [2.24, 2.45) is 59.2 Å².